The summed E-state index contributed by atoms with van der Waals surface area (Å²) in [5.41, 5.74) is -0.458. The van der Waals surface area contributed by atoms with Gasteiger partial charge in [0.1, 0.15) is 0 Å². The van der Waals surface area contributed by atoms with Crippen LogP contribution >= 0.6 is 0 Å². The van der Waals surface area contributed by atoms with E-state index in [9.17, 15) is 0 Å². The molecule has 0 saturated heterocycles. The van der Waals surface area contributed by atoms with Crippen LogP contribution in [0.2, 0.25) is 0 Å². The van der Waals surface area contributed by atoms with Gasteiger partial charge in [-0.1, -0.05) is 6.92 Å². The van der Waals surface area contributed by atoms with Gasteiger partial charge in [-0.3, -0.25) is 10.5 Å². The Hall–Kier alpha value is -0.120. The fourth-order valence-corrected chi connectivity index (χ4v) is 0. The van der Waals surface area contributed by atoms with E-state index in [-0.39, 0.29) is 0 Å². The Kier molecular flexibility index (Phi) is 6.78. The minimum absolute atomic E-state index is 0.458. The van der Waals surface area contributed by atoms with Crippen molar-refractivity contribution in [2.75, 3.05) is 0 Å². The van der Waals surface area contributed by atoms with E-state index in [0.29, 0.717) is 0 Å². The Bertz CT molecular complexity index is 37.4. The Balaban J connectivity index is 0. The highest BCUT2D eigenvalue weighted by atomic mass is 17.0. The van der Waals surface area contributed by atoms with E-state index in [1.807, 2.05) is 6.92 Å². The molecule has 52 valence electrons. The fraction of sp³-hybridized carbons (Fsp3) is 1.00. The van der Waals surface area contributed by atoms with Crippen molar-refractivity contribution in [3.05, 3.63) is 0 Å². The van der Waals surface area contributed by atoms with Crippen LogP contribution in [0.3, 0.4) is 0 Å². The van der Waals surface area contributed by atoms with Crippen LogP contribution in [0.15, 0.2) is 0 Å². The van der Waals surface area contributed by atoms with E-state index >= 15 is 0 Å². The molecule has 0 aliphatic carbocycles. The largest absolute Gasteiger partial charge is 0.390 e. The molecule has 0 aliphatic heterocycles. The van der Waals surface area contributed by atoms with Gasteiger partial charge in [-0.2, -0.15) is 0 Å². The zero-order valence-corrected chi connectivity index (χ0v) is 5.55. The molecule has 0 heterocycles. The van der Waals surface area contributed by atoms with Gasteiger partial charge in [0.25, 0.3) is 0 Å². The smallest absolute Gasteiger partial charge is 0.0589 e. The molecule has 0 saturated carbocycles. The van der Waals surface area contributed by atoms with E-state index < -0.39 is 5.60 Å². The van der Waals surface area contributed by atoms with Gasteiger partial charge in [-0.05, 0) is 20.3 Å². The number of aliphatic hydroxyl groups is 1. The molecule has 3 nitrogen and oxygen atoms in total. The van der Waals surface area contributed by atoms with Crippen LogP contribution in [-0.4, -0.2) is 21.2 Å². The van der Waals surface area contributed by atoms with Crippen molar-refractivity contribution >= 4 is 0 Å². The quantitative estimate of drug-likeness (QED) is 0.361. The highest BCUT2D eigenvalue weighted by Crippen LogP contribution is 2.03. The van der Waals surface area contributed by atoms with Crippen LogP contribution in [-0.2, 0) is 0 Å². The predicted molar refractivity (Wildman–Crippen MR) is 31.8 cm³/mol. The maximum absolute atomic E-state index is 8.83. The topological polar surface area (TPSA) is 60.7 Å². The molecule has 3 heteroatoms. The molecule has 0 aliphatic rings. The van der Waals surface area contributed by atoms with Gasteiger partial charge in [-0.25, -0.2) is 0 Å². The lowest BCUT2D eigenvalue weighted by molar-refractivity contribution is -0.176. The predicted octanol–water partition coefficient (Wildman–Crippen LogP) is 1.18. The van der Waals surface area contributed by atoms with Gasteiger partial charge in [0.15, 0.2) is 0 Å². The Morgan fingerprint density at radius 3 is 1.38 bits per heavy atom. The average molecular weight is 122 g/mol. The van der Waals surface area contributed by atoms with Crippen LogP contribution in [0.4, 0.5) is 0 Å². The molecular formula is C5H14O3. The fourth-order valence-electron chi connectivity index (χ4n) is 0. The van der Waals surface area contributed by atoms with Crippen molar-refractivity contribution in [3.63, 3.8) is 0 Å². The molecule has 0 amide bonds. The summed E-state index contributed by atoms with van der Waals surface area (Å²) in [7, 11) is 0. The molecule has 0 aromatic rings. The van der Waals surface area contributed by atoms with Gasteiger partial charge in [0, 0.05) is 0 Å². The van der Waals surface area contributed by atoms with E-state index in [1.165, 1.54) is 0 Å². The standard InChI is InChI=1S/C5H12O.H2O2/c1-4-5(2,3)6;1-2/h6H,4H2,1-3H3;1-2H. The zero-order chi connectivity index (χ0) is 7.21. The van der Waals surface area contributed by atoms with Crippen molar-refractivity contribution < 1.29 is 15.6 Å². The molecule has 0 unspecified atom stereocenters. The van der Waals surface area contributed by atoms with E-state index in [4.69, 9.17) is 15.6 Å². The van der Waals surface area contributed by atoms with Gasteiger partial charge in [0.05, 0.1) is 5.60 Å². The SMILES string of the molecule is CCC(C)(C)O.OO. The molecule has 0 atom stereocenters. The van der Waals surface area contributed by atoms with Crippen LogP contribution < -0.4 is 0 Å². The molecule has 0 bridgehead atoms. The number of hydrogen-bond acceptors (Lipinski definition) is 3. The second-order valence-electron chi connectivity index (χ2n) is 2.17. The summed E-state index contributed by atoms with van der Waals surface area (Å²) in [6, 6.07) is 0. The summed E-state index contributed by atoms with van der Waals surface area (Å²) in [5.74, 6) is 0. The summed E-state index contributed by atoms with van der Waals surface area (Å²) >= 11 is 0. The normalized spacial score (nSPS) is 9.75. The van der Waals surface area contributed by atoms with Crippen LogP contribution in [0.1, 0.15) is 27.2 Å². The van der Waals surface area contributed by atoms with E-state index in [2.05, 4.69) is 0 Å². The van der Waals surface area contributed by atoms with E-state index in [0.717, 1.165) is 6.42 Å². The third-order valence-electron chi connectivity index (χ3n) is 0.865. The summed E-state index contributed by atoms with van der Waals surface area (Å²) in [4.78, 5) is 0. The molecule has 8 heavy (non-hydrogen) atoms. The number of rotatable bonds is 1. The van der Waals surface area contributed by atoms with Gasteiger partial charge in [-0.15, -0.1) is 0 Å². The van der Waals surface area contributed by atoms with Crippen LogP contribution in [0.5, 0.6) is 0 Å². The third-order valence-corrected chi connectivity index (χ3v) is 0.865. The van der Waals surface area contributed by atoms with Crippen molar-refractivity contribution in [1.82, 2.24) is 0 Å². The average Bonchev–Trinajstić information content (AvgIpc) is 1.71. The summed E-state index contributed by atoms with van der Waals surface area (Å²) in [6.45, 7) is 5.56. The minimum atomic E-state index is -0.458. The summed E-state index contributed by atoms with van der Waals surface area (Å²) in [5, 5.41) is 20.8. The van der Waals surface area contributed by atoms with Gasteiger partial charge in [0.2, 0.25) is 0 Å². The lowest BCUT2D eigenvalue weighted by Gasteiger charge is -2.11. The van der Waals surface area contributed by atoms with Crippen molar-refractivity contribution in [1.29, 1.82) is 0 Å². The second-order valence-corrected chi connectivity index (χ2v) is 2.17. The molecule has 0 spiro atoms. The maximum Gasteiger partial charge on any atom is 0.0589 e. The van der Waals surface area contributed by atoms with Gasteiger partial charge >= 0.3 is 0 Å². The first kappa shape index (κ1) is 10.8. The first-order valence-electron chi connectivity index (χ1n) is 2.48. The monoisotopic (exact) mass is 122 g/mol. The first-order valence-corrected chi connectivity index (χ1v) is 2.48. The van der Waals surface area contributed by atoms with Crippen molar-refractivity contribution in [2.45, 2.75) is 32.8 Å². The highest BCUT2D eigenvalue weighted by molar-refractivity contribution is 4.59. The highest BCUT2D eigenvalue weighted by Gasteiger charge is 2.05. The number of hydrogen-bond donors (Lipinski definition) is 3. The molecule has 0 aromatic heterocycles. The third kappa shape index (κ3) is 16.9. The lowest BCUT2D eigenvalue weighted by atomic mass is 10.1. The first-order chi connectivity index (χ1) is 3.56. The summed E-state index contributed by atoms with van der Waals surface area (Å²) in [6.07, 6.45) is 0.826. The Morgan fingerprint density at radius 2 is 1.38 bits per heavy atom. The molecular weight excluding hydrogens is 108 g/mol. The molecule has 0 fully saturated rings. The maximum atomic E-state index is 8.83. The molecule has 0 rings (SSSR count). The van der Waals surface area contributed by atoms with Crippen LogP contribution in [0.25, 0.3) is 0 Å². The van der Waals surface area contributed by atoms with Gasteiger partial charge < -0.3 is 5.11 Å². The van der Waals surface area contributed by atoms with Crippen molar-refractivity contribution in [2.24, 2.45) is 0 Å². The molecule has 0 aromatic carbocycles. The lowest BCUT2D eigenvalue weighted by Crippen LogP contribution is -2.15. The van der Waals surface area contributed by atoms with E-state index in [1.54, 1.807) is 13.8 Å². The molecule has 0 radical (unpaired) electrons. The second kappa shape index (κ2) is 5.03. The zero-order valence-electron chi connectivity index (χ0n) is 5.55. The Labute approximate surface area is 49.5 Å². The summed E-state index contributed by atoms with van der Waals surface area (Å²) < 4.78 is 0. The molecule has 3 N–H and O–H groups in total. The Morgan fingerprint density at radius 1 is 1.25 bits per heavy atom. The van der Waals surface area contributed by atoms with Crippen LogP contribution in [0, 0.1) is 0 Å². The van der Waals surface area contributed by atoms with Crippen molar-refractivity contribution in [3.8, 4) is 0 Å². The minimum Gasteiger partial charge on any atom is -0.390 e.